The molecule has 102 valence electrons. The molecule has 0 amide bonds. The fourth-order valence-electron chi connectivity index (χ4n) is 1.46. The van der Waals surface area contributed by atoms with E-state index in [0.717, 1.165) is 6.54 Å². The molecule has 0 spiro atoms. The van der Waals surface area contributed by atoms with Gasteiger partial charge in [0.1, 0.15) is 5.02 Å². The highest BCUT2D eigenvalue weighted by atomic mass is 35.5. The number of aromatic nitrogens is 2. The summed E-state index contributed by atoms with van der Waals surface area (Å²) >= 11 is 6.02. The first-order valence-corrected chi connectivity index (χ1v) is 6.21. The number of nitrogens with zero attached hydrogens (tertiary/aromatic N) is 2. The first-order valence-electron chi connectivity index (χ1n) is 5.84. The monoisotopic (exact) mass is 274 g/mol. The molecule has 1 heterocycles. The zero-order valence-electron chi connectivity index (χ0n) is 10.6. The van der Waals surface area contributed by atoms with Crippen LogP contribution in [-0.4, -0.2) is 48.0 Å². The van der Waals surface area contributed by atoms with E-state index in [-0.39, 0.29) is 12.6 Å². The largest absolute Gasteiger partial charge is 0.396 e. The summed E-state index contributed by atoms with van der Waals surface area (Å²) in [5.41, 5.74) is 0. The molecular formula is C11H19ClN4O2. The van der Waals surface area contributed by atoms with Gasteiger partial charge in [0.2, 0.25) is 5.95 Å². The van der Waals surface area contributed by atoms with Gasteiger partial charge in [-0.15, -0.1) is 0 Å². The summed E-state index contributed by atoms with van der Waals surface area (Å²) in [4.78, 5) is 8.32. The molecule has 0 aliphatic heterocycles. The average molecular weight is 275 g/mol. The standard InChI is InChI=1S/C11H19ClN4O2/c1-3-13-11-14-6-9(12)10(16-11)15-8(4-5-17)7-18-2/h6,8,17H,3-5,7H2,1-2H3,(H2,13,14,15,16). The fraction of sp³-hybridized carbons (Fsp3) is 0.636. The molecule has 0 aliphatic rings. The number of hydrogen-bond donors (Lipinski definition) is 3. The van der Waals surface area contributed by atoms with Gasteiger partial charge in [-0.05, 0) is 13.3 Å². The second-order valence-corrected chi connectivity index (χ2v) is 4.14. The Morgan fingerprint density at radius 1 is 1.56 bits per heavy atom. The molecule has 0 aliphatic carbocycles. The van der Waals surface area contributed by atoms with Crippen molar-refractivity contribution in [2.45, 2.75) is 19.4 Å². The van der Waals surface area contributed by atoms with E-state index >= 15 is 0 Å². The van der Waals surface area contributed by atoms with Gasteiger partial charge in [0.15, 0.2) is 5.82 Å². The topological polar surface area (TPSA) is 79.3 Å². The summed E-state index contributed by atoms with van der Waals surface area (Å²) in [6, 6.07) is -0.0399. The summed E-state index contributed by atoms with van der Waals surface area (Å²) in [6.07, 6.45) is 2.10. The highest BCUT2D eigenvalue weighted by molar-refractivity contribution is 6.32. The first kappa shape index (κ1) is 14.9. The molecule has 0 saturated carbocycles. The van der Waals surface area contributed by atoms with Gasteiger partial charge in [-0.3, -0.25) is 0 Å². The molecule has 0 aromatic carbocycles. The van der Waals surface area contributed by atoms with Gasteiger partial charge >= 0.3 is 0 Å². The summed E-state index contributed by atoms with van der Waals surface area (Å²) in [5, 5.41) is 15.6. The summed E-state index contributed by atoms with van der Waals surface area (Å²) in [7, 11) is 1.61. The lowest BCUT2D eigenvalue weighted by Gasteiger charge is -2.18. The lowest BCUT2D eigenvalue weighted by atomic mass is 10.2. The minimum Gasteiger partial charge on any atom is -0.396 e. The average Bonchev–Trinajstić information content (AvgIpc) is 2.34. The molecule has 3 N–H and O–H groups in total. The molecule has 7 heteroatoms. The molecule has 1 aromatic heterocycles. The second kappa shape index (κ2) is 8.07. The van der Waals surface area contributed by atoms with E-state index in [1.54, 1.807) is 7.11 Å². The van der Waals surface area contributed by atoms with E-state index in [0.29, 0.717) is 29.8 Å². The molecule has 0 fully saturated rings. The first-order chi connectivity index (χ1) is 8.71. The smallest absolute Gasteiger partial charge is 0.224 e. The van der Waals surface area contributed by atoms with Crippen LogP contribution in [0, 0.1) is 0 Å². The van der Waals surface area contributed by atoms with Crippen LogP contribution in [-0.2, 0) is 4.74 Å². The van der Waals surface area contributed by atoms with E-state index in [9.17, 15) is 0 Å². The van der Waals surface area contributed by atoms with Crippen LogP contribution < -0.4 is 10.6 Å². The Hall–Kier alpha value is -1.11. The molecule has 0 radical (unpaired) electrons. The second-order valence-electron chi connectivity index (χ2n) is 3.73. The van der Waals surface area contributed by atoms with Crippen LogP contribution in [0.4, 0.5) is 11.8 Å². The molecule has 1 aromatic rings. The number of methoxy groups -OCH3 is 1. The highest BCUT2D eigenvalue weighted by Gasteiger charge is 2.12. The van der Waals surface area contributed by atoms with Gasteiger partial charge in [0.05, 0.1) is 18.8 Å². The van der Waals surface area contributed by atoms with Crippen molar-refractivity contribution < 1.29 is 9.84 Å². The van der Waals surface area contributed by atoms with Gasteiger partial charge in [-0.25, -0.2) is 4.98 Å². The molecule has 1 rings (SSSR count). The van der Waals surface area contributed by atoms with E-state index in [1.807, 2.05) is 6.92 Å². The summed E-state index contributed by atoms with van der Waals surface area (Å²) in [5.74, 6) is 1.06. The van der Waals surface area contributed by atoms with Gasteiger partial charge in [0, 0.05) is 20.3 Å². The van der Waals surface area contributed by atoms with Gasteiger partial charge < -0.3 is 20.5 Å². The van der Waals surface area contributed by atoms with Crippen molar-refractivity contribution in [1.29, 1.82) is 0 Å². The third kappa shape index (κ3) is 4.64. The molecule has 6 nitrogen and oxygen atoms in total. The number of anilines is 2. The van der Waals surface area contributed by atoms with Crippen molar-refractivity contribution in [3.8, 4) is 0 Å². The molecule has 0 saturated heterocycles. The Labute approximate surface area is 112 Å². The molecule has 18 heavy (non-hydrogen) atoms. The van der Waals surface area contributed by atoms with Crippen LogP contribution in [0.3, 0.4) is 0 Å². The van der Waals surface area contributed by atoms with Crippen molar-refractivity contribution >= 4 is 23.4 Å². The number of aliphatic hydroxyl groups is 1. The number of aliphatic hydroxyl groups excluding tert-OH is 1. The van der Waals surface area contributed by atoms with Crippen molar-refractivity contribution in [1.82, 2.24) is 9.97 Å². The van der Waals surface area contributed by atoms with E-state index in [4.69, 9.17) is 21.4 Å². The molecule has 1 unspecified atom stereocenters. The van der Waals surface area contributed by atoms with Crippen LogP contribution in [0.15, 0.2) is 6.20 Å². The number of rotatable bonds is 8. The Morgan fingerprint density at radius 2 is 2.33 bits per heavy atom. The van der Waals surface area contributed by atoms with Crippen molar-refractivity contribution in [2.24, 2.45) is 0 Å². The van der Waals surface area contributed by atoms with Gasteiger partial charge in [0.25, 0.3) is 0 Å². The van der Waals surface area contributed by atoms with Crippen LogP contribution in [0.1, 0.15) is 13.3 Å². The van der Waals surface area contributed by atoms with Crippen molar-refractivity contribution in [3.05, 3.63) is 11.2 Å². The third-order valence-electron chi connectivity index (χ3n) is 2.27. The normalized spacial score (nSPS) is 12.2. The Bertz CT molecular complexity index is 359. The zero-order chi connectivity index (χ0) is 13.4. The molecule has 0 bridgehead atoms. The van der Waals surface area contributed by atoms with Crippen LogP contribution in [0.25, 0.3) is 0 Å². The van der Waals surface area contributed by atoms with Crippen LogP contribution >= 0.6 is 11.6 Å². The highest BCUT2D eigenvalue weighted by Crippen LogP contribution is 2.20. The quantitative estimate of drug-likeness (QED) is 0.664. The SMILES string of the molecule is CCNc1ncc(Cl)c(NC(CCO)COC)n1. The summed E-state index contributed by atoms with van der Waals surface area (Å²) < 4.78 is 5.07. The maximum Gasteiger partial charge on any atom is 0.224 e. The predicted molar refractivity (Wildman–Crippen MR) is 72.2 cm³/mol. The number of nitrogens with one attached hydrogen (secondary N) is 2. The summed E-state index contributed by atoms with van der Waals surface area (Å²) in [6.45, 7) is 3.24. The Balaban J connectivity index is 2.76. The van der Waals surface area contributed by atoms with Gasteiger partial charge in [-0.1, -0.05) is 11.6 Å². The minimum absolute atomic E-state index is 0.0399. The zero-order valence-corrected chi connectivity index (χ0v) is 11.4. The lowest BCUT2D eigenvalue weighted by Crippen LogP contribution is -2.27. The Kier molecular flexibility index (Phi) is 6.70. The minimum atomic E-state index is -0.0399. The predicted octanol–water partition coefficient (Wildman–Crippen LogP) is 1.37. The number of ether oxygens (including phenoxy) is 1. The Morgan fingerprint density at radius 3 is 2.94 bits per heavy atom. The number of hydrogen-bond acceptors (Lipinski definition) is 6. The van der Waals surface area contributed by atoms with Crippen molar-refractivity contribution in [2.75, 3.05) is 37.5 Å². The van der Waals surface area contributed by atoms with Crippen molar-refractivity contribution in [3.63, 3.8) is 0 Å². The fourth-order valence-corrected chi connectivity index (χ4v) is 1.60. The maximum atomic E-state index is 8.98. The van der Waals surface area contributed by atoms with Crippen LogP contribution in [0.5, 0.6) is 0 Å². The lowest BCUT2D eigenvalue weighted by molar-refractivity contribution is 0.170. The third-order valence-corrected chi connectivity index (χ3v) is 2.54. The molecule has 1 atom stereocenters. The van der Waals surface area contributed by atoms with E-state index < -0.39 is 0 Å². The van der Waals surface area contributed by atoms with E-state index in [2.05, 4.69) is 20.6 Å². The number of halogens is 1. The van der Waals surface area contributed by atoms with E-state index in [1.165, 1.54) is 6.20 Å². The molecular weight excluding hydrogens is 256 g/mol. The van der Waals surface area contributed by atoms with Crippen LogP contribution in [0.2, 0.25) is 5.02 Å². The maximum absolute atomic E-state index is 8.98. The van der Waals surface area contributed by atoms with Gasteiger partial charge in [-0.2, -0.15) is 4.98 Å².